The largest absolute Gasteiger partial charge is 2.00 e. The van der Waals surface area contributed by atoms with Gasteiger partial charge in [-0.1, -0.05) is 0 Å². The fraction of sp³-hybridized carbons (Fsp3) is 1.00. The summed E-state index contributed by atoms with van der Waals surface area (Å²) in [7, 11) is -5.11. The van der Waals surface area contributed by atoms with Gasteiger partial charge in [-0.15, -0.1) is 0 Å². The van der Waals surface area contributed by atoms with Gasteiger partial charge in [-0.3, -0.25) is 0 Å². The molecule has 0 amide bonds. The van der Waals surface area contributed by atoms with Gasteiger partial charge < -0.3 is 18.9 Å². The zero-order valence-electron chi connectivity index (χ0n) is 10.7. The third kappa shape index (κ3) is 16.2. The summed E-state index contributed by atoms with van der Waals surface area (Å²) in [6.45, 7) is 1.20. The Morgan fingerprint density at radius 1 is 0.737 bits per heavy atom. The van der Waals surface area contributed by atoms with Crippen LogP contribution in [0.1, 0.15) is 0 Å². The maximum Gasteiger partial charge on any atom is 2.00 e. The van der Waals surface area contributed by atoms with Crippen molar-refractivity contribution in [1.29, 1.82) is 0 Å². The monoisotopic (exact) mass is 360 g/mol. The first kappa shape index (κ1) is 21.5. The second kappa shape index (κ2) is 9.22. The minimum absolute atomic E-state index is 0. The van der Waals surface area contributed by atoms with Crippen molar-refractivity contribution in [3.8, 4) is 0 Å². The van der Waals surface area contributed by atoms with Gasteiger partial charge in [0.25, 0.3) is 0 Å². The van der Waals surface area contributed by atoms with Crippen LogP contribution in [0.15, 0.2) is 0 Å². The van der Waals surface area contributed by atoms with Gasteiger partial charge in [0.15, 0.2) is 0 Å². The molecule has 0 N–H and O–H groups in total. The smallest absolute Gasteiger partial charge is 0.748 e. The SMILES string of the molecule is CN(CCN(C)CCS(=O)(=O)[O-])CCS(=O)(=O)[O-].[Ni+2]. The van der Waals surface area contributed by atoms with Crippen LogP contribution in [0.2, 0.25) is 0 Å². The van der Waals surface area contributed by atoms with Crippen LogP contribution in [-0.2, 0) is 36.7 Å². The molecule has 118 valence electrons. The molecule has 0 unspecified atom stereocenters. The van der Waals surface area contributed by atoms with E-state index in [9.17, 15) is 25.9 Å². The molecule has 0 saturated heterocycles. The molecule has 8 nitrogen and oxygen atoms in total. The zero-order valence-corrected chi connectivity index (χ0v) is 13.3. The summed E-state index contributed by atoms with van der Waals surface area (Å²) in [5.74, 6) is -0.912. The van der Waals surface area contributed by atoms with Crippen LogP contribution >= 0.6 is 0 Å². The van der Waals surface area contributed by atoms with Gasteiger partial charge >= 0.3 is 16.5 Å². The predicted molar refractivity (Wildman–Crippen MR) is 64.1 cm³/mol. The Bertz CT molecular complexity index is 396. The molecule has 0 fully saturated rings. The van der Waals surface area contributed by atoms with Crippen LogP contribution in [0.25, 0.3) is 0 Å². The maximum absolute atomic E-state index is 10.4. The van der Waals surface area contributed by atoms with Crippen molar-refractivity contribution in [1.82, 2.24) is 9.80 Å². The van der Waals surface area contributed by atoms with Crippen LogP contribution in [0.4, 0.5) is 0 Å². The normalized spacial score (nSPS) is 12.7. The first-order valence-electron chi connectivity index (χ1n) is 5.24. The molecule has 0 spiro atoms. The molecule has 0 bridgehead atoms. The van der Waals surface area contributed by atoms with Gasteiger partial charge in [-0.05, 0) is 14.1 Å². The summed E-state index contributed by atoms with van der Waals surface area (Å²) in [6, 6.07) is 0. The molecule has 0 aromatic carbocycles. The molecular weight excluding hydrogens is 343 g/mol. The molecule has 0 aromatic heterocycles. The minimum Gasteiger partial charge on any atom is -0.748 e. The van der Waals surface area contributed by atoms with E-state index in [1.165, 1.54) is 0 Å². The molecule has 11 heteroatoms. The van der Waals surface area contributed by atoms with Crippen LogP contribution in [0, 0.1) is 0 Å². The molecule has 0 aliphatic carbocycles. The van der Waals surface area contributed by atoms with E-state index in [0.29, 0.717) is 13.1 Å². The Labute approximate surface area is 124 Å². The molecule has 0 aliphatic heterocycles. The fourth-order valence-corrected chi connectivity index (χ4v) is 2.17. The minimum atomic E-state index is -4.21. The van der Waals surface area contributed by atoms with Gasteiger partial charge in [0.05, 0.1) is 31.7 Å². The van der Waals surface area contributed by atoms with Crippen LogP contribution in [-0.4, -0.2) is 87.5 Å². The van der Waals surface area contributed by atoms with Crippen molar-refractivity contribution < 1.29 is 42.4 Å². The molecule has 0 atom stereocenters. The van der Waals surface area contributed by atoms with E-state index in [-0.39, 0.29) is 29.6 Å². The van der Waals surface area contributed by atoms with E-state index in [1.54, 1.807) is 23.9 Å². The molecular formula is C8H18N2NiO6S2. The quantitative estimate of drug-likeness (QED) is 0.340. The number of nitrogens with zero attached hydrogens (tertiary/aromatic N) is 2. The number of rotatable bonds is 9. The molecule has 0 saturated carbocycles. The molecule has 0 heterocycles. The summed E-state index contributed by atoms with van der Waals surface area (Å²) < 4.78 is 62.4. The van der Waals surface area contributed by atoms with Crippen molar-refractivity contribution in [2.45, 2.75) is 0 Å². The predicted octanol–water partition coefficient (Wildman–Crippen LogP) is -2.06. The Kier molecular flexibility index (Phi) is 10.4. The van der Waals surface area contributed by atoms with Gasteiger partial charge in [0.2, 0.25) is 0 Å². The number of hydrogen-bond donors (Lipinski definition) is 0. The van der Waals surface area contributed by atoms with Crippen molar-refractivity contribution >= 4 is 20.2 Å². The van der Waals surface area contributed by atoms with Crippen LogP contribution in [0.3, 0.4) is 0 Å². The van der Waals surface area contributed by atoms with Gasteiger partial charge in [0, 0.05) is 26.2 Å². The van der Waals surface area contributed by atoms with E-state index in [4.69, 9.17) is 0 Å². The number of likely N-dealkylation sites (N-methyl/N-ethyl adjacent to an activating group) is 2. The third-order valence-electron chi connectivity index (χ3n) is 2.31. The van der Waals surface area contributed by atoms with E-state index < -0.39 is 31.7 Å². The zero-order chi connectivity index (χ0) is 14.4. The number of hydrogen-bond acceptors (Lipinski definition) is 8. The molecule has 0 radical (unpaired) electrons. The summed E-state index contributed by atoms with van der Waals surface area (Å²) >= 11 is 0. The Balaban J connectivity index is 0. The van der Waals surface area contributed by atoms with E-state index in [2.05, 4.69) is 0 Å². The molecule has 0 aromatic rings. The van der Waals surface area contributed by atoms with Crippen molar-refractivity contribution in [3.63, 3.8) is 0 Å². The van der Waals surface area contributed by atoms with E-state index >= 15 is 0 Å². The van der Waals surface area contributed by atoms with Gasteiger partial charge in [0.1, 0.15) is 0 Å². The second-order valence-electron chi connectivity index (χ2n) is 4.13. The van der Waals surface area contributed by atoms with Crippen molar-refractivity contribution in [3.05, 3.63) is 0 Å². The topological polar surface area (TPSA) is 121 Å². The fourth-order valence-electron chi connectivity index (χ4n) is 1.10. The summed E-state index contributed by atoms with van der Waals surface area (Å²) in [6.07, 6.45) is 0. The van der Waals surface area contributed by atoms with Crippen molar-refractivity contribution in [2.24, 2.45) is 0 Å². The first-order chi connectivity index (χ1) is 7.99. The molecule has 0 rings (SSSR count). The summed E-state index contributed by atoms with van der Waals surface area (Å²) in [5.41, 5.74) is 0. The van der Waals surface area contributed by atoms with Crippen molar-refractivity contribution in [2.75, 3.05) is 51.8 Å². The van der Waals surface area contributed by atoms with Gasteiger partial charge in [-0.25, -0.2) is 16.8 Å². The average Bonchev–Trinajstić information content (AvgIpc) is 2.18. The van der Waals surface area contributed by atoms with E-state index in [1.807, 2.05) is 0 Å². The summed E-state index contributed by atoms with van der Waals surface area (Å²) in [4.78, 5) is 3.30. The summed E-state index contributed by atoms with van der Waals surface area (Å²) in [5, 5.41) is 0. The van der Waals surface area contributed by atoms with Gasteiger partial charge in [-0.2, -0.15) is 0 Å². The van der Waals surface area contributed by atoms with E-state index in [0.717, 1.165) is 0 Å². The van der Waals surface area contributed by atoms with Crippen LogP contribution in [0.5, 0.6) is 0 Å². The Morgan fingerprint density at radius 3 is 1.21 bits per heavy atom. The molecule has 0 aliphatic rings. The second-order valence-corrected chi connectivity index (χ2v) is 7.18. The van der Waals surface area contributed by atoms with Crippen LogP contribution < -0.4 is 0 Å². The Morgan fingerprint density at radius 2 is 1.00 bits per heavy atom. The third-order valence-corrected chi connectivity index (χ3v) is 3.67. The standard InChI is InChI=1S/C8H20N2O6S2.Ni/c1-9(5-7-17(11,12)13)3-4-10(2)6-8-18(14,15)16;/h3-8H2,1-2H3,(H,11,12,13)(H,14,15,16);/q;+2/p-2. The maximum atomic E-state index is 10.4. The molecule has 19 heavy (non-hydrogen) atoms. The first-order valence-corrected chi connectivity index (χ1v) is 8.39. The Hall–Kier alpha value is 0.234. The average molecular weight is 361 g/mol.